The number of aliphatic imine (C=N–C) groups is 1. The zero-order valence-electron chi connectivity index (χ0n) is 15.8. The fourth-order valence-electron chi connectivity index (χ4n) is 3.95. The number of aromatic amines is 1. The first-order valence-electron chi connectivity index (χ1n) is 9.72. The van der Waals surface area contributed by atoms with Crippen LogP contribution in [0, 0.1) is 0 Å². The first kappa shape index (κ1) is 17.7. The van der Waals surface area contributed by atoms with Gasteiger partial charge in [-0.2, -0.15) is 0 Å². The van der Waals surface area contributed by atoms with Crippen molar-refractivity contribution < 1.29 is 9.53 Å². The van der Waals surface area contributed by atoms with Crippen LogP contribution in [0.25, 0.3) is 11.0 Å². The van der Waals surface area contributed by atoms with Crippen molar-refractivity contribution >= 4 is 28.5 Å². The summed E-state index contributed by atoms with van der Waals surface area (Å²) >= 11 is 0. The van der Waals surface area contributed by atoms with Crippen LogP contribution in [0.2, 0.25) is 0 Å². The van der Waals surface area contributed by atoms with E-state index in [4.69, 9.17) is 10.5 Å². The Kier molecular flexibility index (Phi) is 4.40. The maximum Gasteiger partial charge on any atom is 0.246 e. The monoisotopic (exact) mass is 390 g/mol. The Morgan fingerprint density at radius 3 is 2.69 bits per heavy atom. The number of carbonyl (C=O) groups is 1. The second kappa shape index (κ2) is 7.21. The average Bonchev–Trinajstić information content (AvgIpc) is 3.42. The van der Waals surface area contributed by atoms with Crippen LogP contribution in [-0.2, 0) is 9.53 Å². The van der Waals surface area contributed by atoms with Gasteiger partial charge in [0.1, 0.15) is 5.65 Å². The molecule has 0 saturated carbocycles. The quantitative estimate of drug-likeness (QED) is 0.623. The third-order valence-corrected chi connectivity index (χ3v) is 5.47. The number of piperazine rings is 1. The summed E-state index contributed by atoms with van der Waals surface area (Å²) in [7, 11) is 0. The number of aromatic nitrogens is 2. The number of H-pyrrole nitrogens is 1. The van der Waals surface area contributed by atoms with Gasteiger partial charge >= 0.3 is 0 Å². The van der Waals surface area contributed by atoms with E-state index in [0.29, 0.717) is 5.90 Å². The molecule has 0 bridgehead atoms. The Balaban J connectivity index is 1.43. The van der Waals surface area contributed by atoms with Gasteiger partial charge in [0.05, 0.1) is 0 Å². The fourth-order valence-corrected chi connectivity index (χ4v) is 3.95. The third kappa shape index (κ3) is 3.21. The molecule has 1 fully saturated rings. The summed E-state index contributed by atoms with van der Waals surface area (Å²) in [6.45, 7) is 3.91. The molecule has 8 nitrogen and oxygen atoms in total. The first-order chi connectivity index (χ1) is 14.2. The lowest BCUT2D eigenvalue weighted by molar-refractivity contribution is -0.120. The van der Waals surface area contributed by atoms with Gasteiger partial charge in [-0.3, -0.25) is 4.79 Å². The molecule has 4 N–H and O–H groups in total. The number of rotatable bonds is 4. The number of nitrogens with one attached hydrogen (secondary N) is 2. The number of amides is 1. The molecule has 5 rings (SSSR count). The van der Waals surface area contributed by atoms with E-state index in [9.17, 15) is 4.79 Å². The number of anilines is 1. The number of nitrogens with zero attached hydrogens (tertiary/aromatic N) is 3. The summed E-state index contributed by atoms with van der Waals surface area (Å²) in [5.74, 6) is -0.0902. The highest BCUT2D eigenvalue weighted by Gasteiger charge is 2.37. The maximum atomic E-state index is 12.1. The van der Waals surface area contributed by atoms with Crippen LogP contribution in [0.15, 0.2) is 53.8 Å². The van der Waals surface area contributed by atoms with Crippen LogP contribution in [0.4, 0.5) is 5.69 Å². The van der Waals surface area contributed by atoms with Crippen LogP contribution in [-0.4, -0.2) is 54.0 Å². The van der Waals surface area contributed by atoms with Crippen molar-refractivity contribution in [3.63, 3.8) is 0 Å². The van der Waals surface area contributed by atoms with E-state index in [2.05, 4.69) is 37.3 Å². The molecule has 1 saturated heterocycles. The number of benzene rings is 1. The molecular weight excluding hydrogens is 368 g/mol. The summed E-state index contributed by atoms with van der Waals surface area (Å²) < 4.78 is 6.15. The average molecular weight is 390 g/mol. The minimum Gasteiger partial charge on any atom is -0.466 e. The van der Waals surface area contributed by atoms with E-state index < -0.39 is 18.1 Å². The number of nitrogens with two attached hydrogens (primary N) is 1. The van der Waals surface area contributed by atoms with Crippen molar-refractivity contribution in [2.45, 2.75) is 12.1 Å². The zero-order valence-corrected chi connectivity index (χ0v) is 15.8. The highest BCUT2D eigenvalue weighted by atomic mass is 16.5. The van der Waals surface area contributed by atoms with Crippen molar-refractivity contribution in [3.05, 3.63) is 59.9 Å². The molecule has 3 aromatic rings. The highest BCUT2D eigenvalue weighted by molar-refractivity contribution is 6.07. The maximum absolute atomic E-state index is 12.1. The molecule has 2 aliphatic rings. The fraction of sp³-hybridized carbons (Fsp3) is 0.286. The molecule has 4 heterocycles. The summed E-state index contributed by atoms with van der Waals surface area (Å²) in [5, 5.41) is 4.25. The van der Waals surface area contributed by atoms with Gasteiger partial charge in [0, 0.05) is 55.2 Å². The third-order valence-electron chi connectivity index (χ3n) is 5.47. The molecule has 148 valence electrons. The van der Waals surface area contributed by atoms with Crippen LogP contribution < -0.4 is 16.0 Å². The molecule has 1 amide bonds. The predicted octanol–water partition coefficient (Wildman–Crippen LogP) is 1.34. The molecular formula is C21H22N6O2. The molecule has 29 heavy (non-hydrogen) atoms. The SMILES string of the molecule is NC(=O)C1N=C(c2ccnc3[nH]ccc23)OC1c1ccc(N2CCNCC2)cc1. The molecule has 2 aromatic heterocycles. The van der Waals surface area contributed by atoms with Crippen molar-refractivity contribution in [3.8, 4) is 0 Å². The molecule has 1 aromatic carbocycles. The number of ether oxygens (including phenoxy) is 1. The Morgan fingerprint density at radius 2 is 1.93 bits per heavy atom. The van der Waals surface area contributed by atoms with Crippen LogP contribution >= 0.6 is 0 Å². The molecule has 2 unspecified atom stereocenters. The van der Waals surface area contributed by atoms with Gasteiger partial charge in [0.25, 0.3) is 0 Å². The highest BCUT2D eigenvalue weighted by Crippen LogP contribution is 2.33. The lowest BCUT2D eigenvalue weighted by atomic mass is 10.0. The van der Waals surface area contributed by atoms with Gasteiger partial charge in [-0.15, -0.1) is 0 Å². The van der Waals surface area contributed by atoms with Crippen molar-refractivity contribution in [1.29, 1.82) is 0 Å². The summed E-state index contributed by atoms with van der Waals surface area (Å²) in [6.07, 6.45) is 2.96. The lowest BCUT2D eigenvalue weighted by Gasteiger charge is -2.29. The standard InChI is InChI=1S/C21H22N6O2/c22-19(28)17-18(13-1-3-14(4-2-13)27-11-9-23-10-12-27)29-21(26-17)16-6-8-25-20-15(16)5-7-24-20/h1-8,17-18,23H,9-12H2,(H2,22,28)(H,24,25). The molecule has 0 aliphatic carbocycles. The smallest absolute Gasteiger partial charge is 0.246 e. The number of hydrogen-bond donors (Lipinski definition) is 3. The summed E-state index contributed by atoms with van der Waals surface area (Å²) in [5.41, 5.74) is 9.22. The van der Waals surface area contributed by atoms with E-state index in [1.807, 2.05) is 30.5 Å². The van der Waals surface area contributed by atoms with Crippen LogP contribution in [0.3, 0.4) is 0 Å². The number of carbonyl (C=O) groups excluding carboxylic acids is 1. The van der Waals surface area contributed by atoms with E-state index in [0.717, 1.165) is 54.0 Å². The zero-order chi connectivity index (χ0) is 19.8. The minimum atomic E-state index is -0.766. The van der Waals surface area contributed by atoms with Crippen molar-refractivity contribution in [2.75, 3.05) is 31.1 Å². The van der Waals surface area contributed by atoms with Gasteiger partial charge in [-0.05, 0) is 29.8 Å². The minimum absolute atomic E-state index is 0.414. The molecule has 2 aliphatic heterocycles. The Bertz CT molecular complexity index is 1070. The Labute approximate surface area is 167 Å². The number of hydrogen-bond acceptors (Lipinski definition) is 6. The van der Waals surface area contributed by atoms with Crippen LogP contribution in [0.5, 0.6) is 0 Å². The normalized spacial score (nSPS) is 21.8. The number of fused-ring (bicyclic) bond motifs is 1. The van der Waals surface area contributed by atoms with Gasteiger partial charge in [0.15, 0.2) is 12.1 Å². The first-order valence-corrected chi connectivity index (χ1v) is 9.72. The van der Waals surface area contributed by atoms with Gasteiger partial charge in [-0.1, -0.05) is 12.1 Å². The second-order valence-electron chi connectivity index (χ2n) is 7.25. The van der Waals surface area contributed by atoms with Gasteiger partial charge in [-0.25, -0.2) is 9.98 Å². The molecule has 0 radical (unpaired) electrons. The van der Waals surface area contributed by atoms with Gasteiger partial charge < -0.3 is 25.7 Å². The van der Waals surface area contributed by atoms with E-state index in [1.54, 1.807) is 6.20 Å². The van der Waals surface area contributed by atoms with Crippen molar-refractivity contribution in [2.24, 2.45) is 10.7 Å². The predicted molar refractivity (Wildman–Crippen MR) is 111 cm³/mol. The molecule has 2 atom stereocenters. The summed E-state index contributed by atoms with van der Waals surface area (Å²) in [6, 6.07) is 11.1. The Morgan fingerprint density at radius 1 is 1.14 bits per heavy atom. The van der Waals surface area contributed by atoms with Gasteiger partial charge in [0.2, 0.25) is 11.8 Å². The topological polar surface area (TPSA) is 109 Å². The van der Waals surface area contributed by atoms with E-state index in [-0.39, 0.29) is 0 Å². The molecule has 0 spiro atoms. The lowest BCUT2D eigenvalue weighted by Crippen LogP contribution is -2.43. The molecule has 8 heteroatoms. The Hall–Kier alpha value is -3.39. The van der Waals surface area contributed by atoms with Crippen LogP contribution in [0.1, 0.15) is 17.2 Å². The summed E-state index contributed by atoms with van der Waals surface area (Å²) in [4.78, 5) is 26.3. The van der Waals surface area contributed by atoms with E-state index >= 15 is 0 Å². The number of primary amides is 1. The second-order valence-corrected chi connectivity index (χ2v) is 7.25. The van der Waals surface area contributed by atoms with Crippen molar-refractivity contribution in [1.82, 2.24) is 15.3 Å². The number of pyridine rings is 1. The largest absolute Gasteiger partial charge is 0.466 e. The van der Waals surface area contributed by atoms with E-state index in [1.165, 1.54) is 0 Å².